The fraction of sp³-hybridized carbons (Fsp3) is 0.381. The van der Waals surface area contributed by atoms with Gasteiger partial charge in [-0.05, 0) is 56.2 Å². The number of hydrogen-bond donors (Lipinski definition) is 1. The average molecular weight is 428 g/mol. The van der Waals surface area contributed by atoms with E-state index in [-0.39, 0.29) is 16.8 Å². The molecule has 1 atom stereocenters. The third-order valence-corrected chi connectivity index (χ3v) is 7.31. The first-order valence-electron chi connectivity index (χ1n) is 10.2. The summed E-state index contributed by atoms with van der Waals surface area (Å²) in [5, 5.41) is 11.2. The van der Waals surface area contributed by atoms with E-state index in [2.05, 4.69) is 15.5 Å². The van der Waals surface area contributed by atoms with Crippen LogP contribution in [0.5, 0.6) is 0 Å². The van der Waals surface area contributed by atoms with Gasteiger partial charge in [0.05, 0.1) is 10.9 Å². The van der Waals surface area contributed by atoms with E-state index in [1.54, 1.807) is 16.4 Å². The smallest absolute Gasteiger partial charge is 0.251 e. The molecule has 0 saturated carbocycles. The average Bonchev–Trinajstić information content (AvgIpc) is 2.99. The minimum Gasteiger partial charge on any atom is -0.342 e. The van der Waals surface area contributed by atoms with Crippen molar-refractivity contribution in [2.75, 3.05) is 13.1 Å². The molecule has 4 rings (SSSR count). The normalized spacial score (nSPS) is 16.8. The van der Waals surface area contributed by atoms with Gasteiger partial charge in [-0.3, -0.25) is 9.20 Å². The van der Waals surface area contributed by atoms with E-state index in [0.717, 1.165) is 25.7 Å². The molecule has 1 aliphatic rings. The number of benzene rings is 1. The molecule has 0 radical (unpaired) electrons. The van der Waals surface area contributed by atoms with E-state index in [1.165, 1.54) is 12.1 Å². The van der Waals surface area contributed by atoms with Crippen molar-refractivity contribution in [1.82, 2.24) is 24.2 Å². The zero-order valence-electron chi connectivity index (χ0n) is 16.9. The molecule has 158 valence electrons. The highest BCUT2D eigenvalue weighted by molar-refractivity contribution is 7.89. The predicted molar refractivity (Wildman–Crippen MR) is 113 cm³/mol. The van der Waals surface area contributed by atoms with Gasteiger partial charge < -0.3 is 5.32 Å². The van der Waals surface area contributed by atoms with Crippen LogP contribution in [0.4, 0.5) is 0 Å². The molecule has 9 heteroatoms. The molecule has 8 nitrogen and oxygen atoms in total. The molecule has 3 aromatic rings. The second kappa shape index (κ2) is 8.53. The molecule has 1 amide bonds. The van der Waals surface area contributed by atoms with Crippen LogP contribution in [0, 0.1) is 0 Å². The number of fused-ring (bicyclic) bond motifs is 1. The van der Waals surface area contributed by atoms with Gasteiger partial charge in [0.25, 0.3) is 5.91 Å². The van der Waals surface area contributed by atoms with Crippen LogP contribution in [-0.4, -0.2) is 46.3 Å². The highest BCUT2D eigenvalue weighted by atomic mass is 32.2. The summed E-state index contributed by atoms with van der Waals surface area (Å²) in [6.45, 7) is 2.93. The Balaban J connectivity index is 1.47. The first kappa shape index (κ1) is 20.5. The first-order valence-corrected chi connectivity index (χ1v) is 11.6. The van der Waals surface area contributed by atoms with Crippen molar-refractivity contribution in [3.8, 4) is 0 Å². The molecule has 0 aliphatic carbocycles. The van der Waals surface area contributed by atoms with E-state index in [1.807, 2.05) is 35.7 Å². The predicted octanol–water partition coefficient (Wildman–Crippen LogP) is 2.79. The summed E-state index contributed by atoms with van der Waals surface area (Å²) in [6.07, 6.45) is 5.73. The van der Waals surface area contributed by atoms with Crippen molar-refractivity contribution in [1.29, 1.82) is 0 Å². The monoisotopic (exact) mass is 427 g/mol. The summed E-state index contributed by atoms with van der Waals surface area (Å²) in [6, 6.07) is 11.3. The largest absolute Gasteiger partial charge is 0.342 e. The SMILES string of the molecule is C[C@H](NC(=O)c1ccc(S(=O)(=O)N2CCCCCC2)cc1)c1nnc2ccccn12. The van der Waals surface area contributed by atoms with E-state index < -0.39 is 10.0 Å². The first-order chi connectivity index (χ1) is 14.5. The lowest BCUT2D eigenvalue weighted by molar-refractivity contribution is 0.0938. The van der Waals surface area contributed by atoms with Crippen LogP contribution in [0.3, 0.4) is 0 Å². The van der Waals surface area contributed by atoms with Gasteiger partial charge in [0.15, 0.2) is 11.5 Å². The van der Waals surface area contributed by atoms with Crippen LogP contribution >= 0.6 is 0 Å². The highest BCUT2D eigenvalue weighted by Crippen LogP contribution is 2.21. The van der Waals surface area contributed by atoms with Gasteiger partial charge in [-0.15, -0.1) is 10.2 Å². The van der Waals surface area contributed by atoms with Crippen LogP contribution < -0.4 is 5.32 Å². The quantitative estimate of drug-likeness (QED) is 0.675. The Bertz CT molecular complexity index is 1130. The van der Waals surface area contributed by atoms with Crippen molar-refractivity contribution >= 4 is 21.6 Å². The molecule has 1 aliphatic heterocycles. The second-order valence-corrected chi connectivity index (χ2v) is 9.46. The summed E-state index contributed by atoms with van der Waals surface area (Å²) in [5.41, 5.74) is 1.10. The zero-order valence-corrected chi connectivity index (χ0v) is 17.7. The molecule has 1 fully saturated rings. The molecule has 1 N–H and O–H groups in total. The van der Waals surface area contributed by atoms with E-state index >= 15 is 0 Å². The Morgan fingerprint density at radius 2 is 1.70 bits per heavy atom. The fourth-order valence-corrected chi connectivity index (χ4v) is 5.23. The second-order valence-electron chi connectivity index (χ2n) is 7.52. The Morgan fingerprint density at radius 3 is 2.40 bits per heavy atom. The number of carbonyl (C=O) groups is 1. The number of rotatable bonds is 5. The zero-order chi connectivity index (χ0) is 21.1. The maximum absolute atomic E-state index is 12.9. The van der Waals surface area contributed by atoms with Crippen molar-refractivity contribution < 1.29 is 13.2 Å². The number of sulfonamides is 1. The standard InChI is InChI=1S/C21H25N5O3S/c1-16(20-24-23-19-8-4-7-15-26(19)20)22-21(27)17-9-11-18(12-10-17)30(28,29)25-13-5-2-3-6-14-25/h4,7-12,15-16H,2-3,5-6,13-14H2,1H3,(H,22,27)/t16-/m0/s1. The molecule has 1 aromatic carbocycles. The minimum atomic E-state index is -3.53. The van der Waals surface area contributed by atoms with Crippen LogP contribution in [0.1, 0.15) is 54.8 Å². The number of aromatic nitrogens is 3. The fourth-order valence-electron chi connectivity index (χ4n) is 3.71. The highest BCUT2D eigenvalue weighted by Gasteiger charge is 2.25. The molecular weight excluding hydrogens is 402 g/mol. The van der Waals surface area contributed by atoms with Crippen molar-refractivity contribution in [3.63, 3.8) is 0 Å². The number of hydrogen-bond acceptors (Lipinski definition) is 5. The van der Waals surface area contributed by atoms with E-state index in [0.29, 0.717) is 30.1 Å². The summed E-state index contributed by atoms with van der Waals surface area (Å²) in [7, 11) is -3.53. The van der Waals surface area contributed by atoms with Crippen molar-refractivity contribution in [3.05, 3.63) is 60.0 Å². The topological polar surface area (TPSA) is 96.7 Å². The number of nitrogens with zero attached hydrogens (tertiary/aromatic N) is 4. The Kier molecular flexibility index (Phi) is 5.83. The molecule has 2 aromatic heterocycles. The summed E-state index contributed by atoms with van der Waals surface area (Å²) >= 11 is 0. The molecule has 1 saturated heterocycles. The Hall–Kier alpha value is -2.78. The molecular formula is C21H25N5O3S. The molecule has 0 bridgehead atoms. The van der Waals surface area contributed by atoms with E-state index in [4.69, 9.17) is 0 Å². The third-order valence-electron chi connectivity index (χ3n) is 5.39. The minimum absolute atomic E-state index is 0.220. The van der Waals surface area contributed by atoms with Crippen molar-refractivity contribution in [2.45, 2.75) is 43.5 Å². The lowest BCUT2D eigenvalue weighted by atomic mass is 10.2. The van der Waals surface area contributed by atoms with E-state index in [9.17, 15) is 13.2 Å². The van der Waals surface area contributed by atoms with Gasteiger partial charge in [-0.25, -0.2) is 8.42 Å². The van der Waals surface area contributed by atoms with Crippen molar-refractivity contribution in [2.24, 2.45) is 0 Å². The summed E-state index contributed by atoms with van der Waals surface area (Å²) in [4.78, 5) is 12.9. The van der Waals surface area contributed by atoms with Crippen LogP contribution in [0.15, 0.2) is 53.6 Å². The number of amides is 1. The summed E-state index contributed by atoms with van der Waals surface area (Å²) < 4.78 is 29.1. The molecule has 3 heterocycles. The number of carbonyl (C=O) groups excluding carboxylic acids is 1. The number of nitrogens with one attached hydrogen (secondary N) is 1. The third kappa shape index (κ3) is 4.08. The van der Waals surface area contributed by atoms with Gasteiger partial charge in [0.1, 0.15) is 0 Å². The van der Waals surface area contributed by atoms with Gasteiger partial charge in [-0.1, -0.05) is 18.9 Å². The number of pyridine rings is 1. The lowest BCUT2D eigenvalue weighted by Crippen LogP contribution is -2.32. The summed E-state index contributed by atoms with van der Waals surface area (Å²) in [5.74, 6) is 0.327. The van der Waals surface area contributed by atoms with Crippen LogP contribution in [-0.2, 0) is 10.0 Å². The molecule has 0 unspecified atom stereocenters. The van der Waals surface area contributed by atoms with Gasteiger partial charge in [0, 0.05) is 24.8 Å². The lowest BCUT2D eigenvalue weighted by Gasteiger charge is -2.20. The van der Waals surface area contributed by atoms with Crippen LogP contribution in [0.2, 0.25) is 0 Å². The van der Waals surface area contributed by atoms with Gasteiger partial charge in [-0.2, -0.15) is 4.31 Å². The molecule has 0 spiro atoms. The Labute approximate surface area is 176 Å². The molecule has 30 heavy (non-hydrogen) atoms. The van der Waals surface area contributed by atoms with Gasteiger partial charge in [0.2, 0.25) is 10.0 Å². The Morgan fingerprint density at radius 1 is 1.00 bits per heavy atom. The maximum atomic E-state index is 12.9. The van der Waals surface area contributed by atoms with Crippen LogP contribution in [0.25, 0.3) is 5.65 Å². The maximum Gasteiger partial charge on any atom is 0.251 e. The van der Waals surface area contributed by atoms with Gasteiger partial charge >= 0.3 is 0 Å².